The van der Waals surface area contributed by atoms with Crippen molar-refractivity contribution in [1.82, 2.24) is 29.7 Å². The highest BCUT2D eigenvalue weighted by Crippen LogP contribution is 2.34. The van der Waals surface area contributed by atoms with Gasteiger partial charge >= 0.3 is 0 Å². The zero-order valence-corrected chi connectivity index (χ0v) is 13.9. The van der Waals surface area contributed by atoms with E-state index < -0.39 is 0 Å². The summed E-state index contributed by atoms with van der Waals surface area (Å²) in [5.41, 5.74) is 3.64. The van der Waals surface area contributed by atoms with Crippen LogP contribution in [0.2, 0.25) is 0 Å². The summed E-state index contributed by atoms with van der Waals surface area (Å²) in [6, 6.07) is 0. The molecule has 1 fully saturated rings. The number of aromatic nitrogens is 5. The van der Waals surface area contributed by atoms with Gasteiger partial charge < -0.3 is 4.74 Å². The molecule has 2 aliphatic rings. The Labute approximate surface area is 136 Å². The fourth-order valence-corrected chi connectivity index (χ4v) is 3.53. The van der Waals surface area contributed by atoms with Crippen LogP contribution in [0.1, 0.15) is 35.7 Å². The quantitative estimate of drug-likeness (QED) is 0.800. The van der Waals surface area contributed by atoms with Crippen molar-refractivity contribution in [1.29, 1.82) is 0 Å². The van der Waals surface area contributed by atoms with Crippen LogP contribution in [0.15, 0.2) is 12.4 Å². The van der Waals surface area contributed by atoms with E-state index in [1.165, 1.54) is 24.1 Å². The maximum Gasteiger partial charge on any atom is 0.100 e. The molecule has 2 aromatic heterocycles. The van der Waals surface area contributed by atoms with Gasteiger partial charge in [0.2, 0.25) is 0 Å². The number of rotatable bonds is 6. The molecule has 0 bridgehead atoms. The highest BCUT2D eigenvalue weighted by atomic mass is 16.5. The number of methoxy groups -OCH3 is 1. The zero-order chi connectivity index (χ0) is 15.8. The second-order valence-corrected chi connectivity index (χ2v) is 6.89. The lowest BCUT2D eigenvalue weighted by atomic mass is 9.98. The molecule has 4 rings (SSSR count). The number of hydrogen-bond donors (Lipinski definition) is 0. The predicted octanol–water partition coefficient (Wildman–Crippen LogP) is 1.17. The summed E-state index contributed by atoms with van der Waals surface area (Å²) in [4.78, 5) is 2.42. The molecule has 7 heteroatoms. The van der Waals surface area contributed by atoms with Crippen LogP contribution in [0.4, 0.5) is 0 Å². The van der Waals surface area contributed by atoms with Crippen molar-refractivity contribution in [2.24, 2.45) is 13.0 Å². The minimum absolute atomic E-state index is 0.342. The van der Waals surface area contributed by atoms with Crippen LogP contribution in [-0.4, -0.2) is 49.9 Å². The van der Waals surface area contributed by atoms with Crippen molar-refractivity contribution in [2.45, 2.75) is 38.4 Å². The average Bonchev–Trinajstić information content (AvgIpc) is 3.11. The largest absolute Gasteiger partial charge is 0.384 e. The van der Waals surface area contributed by atoms with Crippen molar-refractivity contribution in [3.8, 4) is 0 Å². The van der Waals surface area contributed by atoms with Crippen molar-refractivity contribution < 1.29 is 4.74 Å². The van der Waals surface area contributed by atoms with Gasteiger partial charge in [-0.15, -0.1) is 5.10 Å². The molecule has 124 valence electrons. The Morgan fingerprint density at radius 2 is 2.22 bits per heavy atom. The van der Waals surface area contributed by atoms with Gasteiger partial charge in [-0.05, 0) is 18.8 Å². The van der Waals surface area contributed by atoms with E-state index in [4.69, 9.17) is 4.74 Å². The van der Waals surface area contributed by atoms with Crippen molar-refractivity contribution in [2.75, 3.05) is 20.3 Å². The first-order valence-electron chi connectivity index (χ1n) is 8.34. The first kappa shape index (κ1) is 14.8. The van der Waals surface area contributed by atoms with Gasteiger partial charge in [0.05, 0.1) is 18.5 Å². The van der Waals surface area contributed by atoms with E-state index >= 15 is 0 Å². The van der Waals surface area contributed by atoms with Gasteiger partial charge in [0.25, 0.3) is 0 Å². The van der Waals surface area contributed by atoms with Crippen LogP contribution >= 0.6 is 0 Å². The monoisotopic (exact) mass is 316 g/mol. The van der Waals surface area contributed by atoms with Crippen LogP contribution in [0.25, 0.3) is 0 Å². The Hall–Kier alpha value is -1.73. The van der Waals surface area contributed by atoms with Gasteiger partial charge in [0.1, 0.15) is 5.69 Å². The molecular formula is C16H24N6O. The van der Waals surface area contributed by atoms with E-state index in [2.05, 4.69) is 31.2 Å². The summed E-state index contributed by atoms with van der Waals surface area (Å²) < 4.78 is 9.46. The highest BCUT2D eigenvalue weighted by molar-refractivity contribution is 5.21. The maximum absolute atomic E-state index is 5.47. The summed E-state index contributed by atoms with van der Waals surface area (Å²) in [6.45, 7) is 4.46. The minimum Gasteiger partial charge on any atom is -0.384 e. The Morgan fingerprint density at radius 1 is 1.35 bits per heavy atom. The maximum atomic E-state index is 5.47. The van der Waals surface area contributed by atoms with E-state index in [9.17, 15) is 0 Å². The van der Waals surface area contributed by atoms with Crippen LogP contribution < -0.4 is 0 Å². The lowest BCUT2D eigenvalue weighted by molar-refractivity contribution is 0.131. The number of nitrogens with zero attached hydrogens (tertiary/aromatic N) is 6. The third kappa shape index (κ3) is 3.16. The summed E-state index contributed by atoms with van der Waals surface area (Å²) in [5.74, 6) is 1.14. The molecule has 0 radical (unpaired) electrons. The van der Waals surface area contributed by atoms with Crippen LogP contribution in [0.5, 0.6) is 0 Å². The van der Waals surface area contributed by atoms with Crippen molar-refractivity contribution >= 4 is 0 Å². The summed E-state index contributed by atoms with van der Waals surface area (Å²) >= 11 is 0. The topological polar surface area (TPSA) is 61.0 Å². The van der Waals surface area contributed by atoms with Gasteiger partial charge in [-0.25, -0.2) is 4.68 Å². The molecule has 1 atom stereocenters. The first-order valence-corrected chi connectivity index (χ1v) is 8.34. The van der Waals surface area contributed by atoms with Crippen molar-refractivity contribution in [3.63, 3.8) is 0 Å². The lowest BCUT2D eigenvalue weighted by Gasteiger charge is -2.31. The Balaban J connectivity index is 1.54. The molecule has 1 saturated carbocycles. The normalized spacial score (nSPS) is 21.6. The van der Waals surface area contributed by atoms with E-state index in [-0.39, 0.29) is 0 Å². The minimum atomic E-state index is 0.342. The average molecular weight is 316 g/mol. The van der Waals surface area contributed by atoms with E-state index in [1.54, 1.807) is 7.11 Å². The molecule has 0 N–H and O–H groups in total. The molecule has 3 heterocycles. The molecule has 0 aromatic carbocycles. The van der Waals surface area contributed by atoms with Crippen LogP contribution in [0, 0.1) is 5.92 Å². The van der Waals surface area contributed by atoms with Crippen molar-refractivity contribution in [3.05, 3.63) is 29.3 Å². The third-order valence-corrected chi connectivity index (χ3v) is 4.75. The highest BCUT2D eigenvalue weighted by Gasteiger charge is 2.33. The van der Waals surface area contributed by atoms with E-state index in [1.807, 2.05) is 17.9 Å². The second kappa shape index (κ2) is 6.05. The molecule has 1 aliphatic carbocycles. The predicted molar refractivity (Wildman–Crippen MR) is 84.7 cm³/mol. The molecular weight excluding hydrogens is 292 g/mol. The SMILES string of the molecule is COC[C@H]1CN(Cc2cnn(C)c2)Cc2nnn(CC3CC3)c21. The molecule has 0 amide bonds. The lowest BCUT2D eigenvalue weighted by Crippen LogP contribution is -2.36. The fraction of sp³-hybridized carbons (Fsp3) is 0.688. The van der Waals surface area contributed by atoms with Gasteiger partial charge in [-0.1, -0.05) is 5.21 Å². The summed E-state index contributed by atoms with van der Waals surface area (Å²) in [5, 5.41) is 13.1. The zero-order valence-electron chi connectivity index (χ0n) is 13.9. The second-order valence-electron chi connectivity index (χ2n) is 6.89. The molecule has 0 saturated heterocycles. The molecule has 0 spiro atoms. The Bertz CT molecular complexity index is 674. The van der Waals surface area contributed by atoms with Gasteiger partial charge in [-0.3, -0.25) is 9.58 Å². The van der Waals surface area contributed by atoms with Gasteiger partial charge in [-0.2, -0.15) is 5.10 Å². The number of hydrogen-bond acceptors (Lipinski definition) is 5. The number of ether oxygens (including phenoxy) is 1. The van der Waals surface area contributed by atoms with Crippen LogP contribution in [-0.2, 0) is 31.4 Å². The number of fused-ring (bicyclic) bond motifs is 1. The molecule has 23 heavy (non-hydrogen) atoms. The standard InChI is InChI=1S/C16H24N6O/c1-20-6-13(5-17-20)7-21-9-14(11-23-2)16-15(10-21)18-19-22(16)8-12-3-4-12/h5-6,12,14H,3-4,7-11H2,1-2H3/t14-/m1/s1. The number of aryl methyl sites for hydroxylation is 1. The molecule has 7 nitrogen and oxygen atoms in total. The Kier molecular flexibility index (Phi) is 3.90. The molecule has 0 unspecified atom stereocenters. The summed E-state index contributed by atoms with van der Waals surface area (Å²) in [7, 11) is 3.73. The van der Waals surface area contributed by atoms with Gasteiger partial charge in [0, 0.05) is 58.0 Å². The first-order chi connectivity index (χ1) is 11.2. The van der Waals surface area contributed by atoms with Crippen LogP contribution in [0.3, 0.4) is 0 Å². The third-order valence-electron chi connectivity index (χ3n) is 4.75. The van der Waals surface area contributed by atoms with Gasteiger partial charge in [0.15, 0.2) is 0 Å². The Morgan fingerprint density at radius 3 is 2.91 bits per heavy atom. The van der Waals surface area contributed by atoms with E-state index in [0.717, 1.165) is 37.8 Å². The molecule has 1 aliphatic heterocycles. The smallest absolute Gasteiger partial charge is 0.100 e. The molecule has 2 aromatic rings. The van der Waals surface area contributed by atoms with E-state index in [0.29, 0.717) is 12.5 Å². The fourth-order valence-electron chi connectivity index (χ4n) is 3.53. The summed E-state index contributed by atoms with van der Waals surface area (Å²) in [6.07, 6.45) is 6.67.